The Morgan fingerprint density at radius 3 is 1.92 bits per heavy atom. The predicted octanol–water partition coefficient (Wildman–Crippen LogP) is 0.804. The Balaban J connectivity index is 0. The van der Waals surface area contributed by atoms with Gasteiger partial charge in [-0.25, -0.2) is 0 Å². The van der Waals surface area contributed by atoms with Crippen molar-refractivity contribution < 1.29 is 21.1 Å². The fourth-order valence-electron chi connectivity index (χ4n) is 1.20. The van der Waals surface area contributed by atoms with Crippen molar-refractivity contribution in [2.24, 2.45) is 0 Å². The number of hydrogen-bond acceptors (Lipinski definition) is 3. The van der Waals surface area contributed by atoms with E-state index in [4.69, 9.17) is 12.6 Å². The van der Waals surface area contributed by atoms with Crippen LogP contribution in [0.5, 0.6) is 0 Å². The van der Waals surface area contributed by atoms with Gasteiger partial charge in [0.15, 0.2) is 0 Å². The monoisotopic (exact) mass is 373 g/mol. The van der Waals surface area contributed by atoms with Crippen molar-refractivity contribution in [3.63, 3.8) is 0 Å². The number of nitrogens with zero attached hydrogens (tertiary/aromatic N) is 2. The molecule has 1 rings (SSSR count). The molecule has 0 radical (unpaired) electrons. The van der Waals surface area contributed by atoms with E-state index in [9.17, 15) is 0 Å². The average molecular weight is 373 g/mol. The van der Waals surface area contributed by atoms with Gasteiger partial charge in [-0.15, -0.1) is 0 Å². The van der Waals surface area contributed by atoms with Gasteiger partial charge in [0.25, 0.3) is 0 Å². The summed E-state index contributed by atoms with van der Waals surface area (Å²) in [5, 5.41) is 0. The minimum atomic E-state index is 0. The summed E-state index contributed by atoms with van der Waals surface area (Å²) >= 11 is 4.91. The molecule has 1 aliphatic rings. The molecule has 2 nitrogen and oxygen atoms in total. The Morgan fingerprint density at radius 2 is 1.54 bits per heavy atom. The van der Waals surface area contributed by atoms with E-state index in [1.165, 1.54) is 26.2 Å². The van der Waals surface area contributed by atoms with Crippen molar-refractivity contribution in [1.82, 2.24) is 9.80 Å². The summed E-state index contributed by atoms with van der Waals surface area (Å²) in [5.74, 6) is 0.879. The Kier molecular flexibility index (Phi) is 13.9. The molecule has 1 saturated heterocycles. The minimum Gasteiger partial charge on any atom is -0.791 e. The first-order chi connectivity index (χ1) is 5.83. The first kappa shape index (κ1) is 16.4. The number of likely N-dealkylation sites (N-methyl/N-ethyl adjacent to an activating group) is 1. The Labute approximate surface area is 103 Å². The molecule has 1 fully saturated rings. The molecule has 0 atom stereocenters. The SMILES string of the molecule is CC.CN1CCN(CC[S-])CC1.[W]. The second kappa shape index (κ2) is 11.0. The van der Waals surface area contributed by atoms with Crippen molar-refractivity contribution in [3.8, 4) is 0 Å². The molecule has 80 valence electrons. The zero-order valence-corrected chi connectivity index (χ0v) is 12.7. The molecule has 0 saturated carbocycles. The van der Waals surface area contributed by atoms with Crippen LogP contribution in [0, 0.1) is 0 Å². The van der Waals surface area contributed by atoms with Crippen LogP contribution in [0.25, 0.3) is 0 Å². The van der Waals surface area contributed by atoms with Crippen LogP contribution in [0.1, 0.15) is 13.8 Å². The average Bonchev–Trinajstić information content (AvgIpc) is 2.13. The summed E-state index contributed by atoms with van der Waals surface area (Å²) in [6.45, 7) is 9.91. The number of hydrogen-bond donors (Lipinski definition) is 0. The van der Waals surface area contributed by atoms with Crippen LogP contribution < -0.4 is 0 Å². The van der Waals surface area contributed by atoms with Crippen molar-refractivity contribution >= 4 is 12.6 Å². The van der Waals surface area contributed by atoms with Gasteiger partial charge >= 0.3 is 0 Å². The molecule has 0 aromatic carbocycles. The zero-order valence-electron chi connectivity index (χ0n) is 8.95. The van der Waals surface area contributed by atoms with E-state index >= 15 is 0 Å². The minimum absolute atomic E-state index is 0. The number of rotatable bonds is 2. The van der Waals surface area contributed by atoms with E-state index in [0.29, 0.717) is 0 Å². The molecule has 0 aromatic rings. The number of piperazine rings is 1. The molecule has 1 aliphatic heterocycles. The van der Waals surface area contributed by atoms with Gasteiger partial charge in [0.2, 0.25) is 0 Å². The van der Waals surface area contributed by atoms with Gasteiger partial charge in [-0.1, -0.05) is 13.8 Å². The molecule has 0 spiro atoms. The molecule has 13 heavy (non-hydrogen) atoms. The van der Waals surface area contributed by atoms with E-state index in [2.05, 4.69) is 16.8 Å². The van der Waals surface area contributed by atoms with Crippen LogP contribution in [0.2, 0.25) is 0 Å². The summed E-state index contributed by atoms with van der Waals surface area (Å²) < 4.78 is 0. The molecule has 1 heterocycles. The third-order valence-electron chi connectivity index (χ3n) is 2.00. The van der Waals surface area contributed by atoms with Crippen molar-refractivity contribution in [2.75, 3.05) is 45.5 Å². The van der Waals surface area contributed by atoms with Crippen LogP contribution in [-0.4, -0.2) is 55.3 Å². The van der Waals surface area contributed by atoms with E-state index < -0.39 is 0 Å². The molecule has 0 N–H and O–H groups in total. The Bertz CT molecular complexity index is 95.6. The molecule has 0 amide bonds. The van der Waals surface area contributed by atoms with Crippen molar-refractivity contribution in [3.05, 3.63) is 0 Å². The molecule has 4 heteroatoms. The molecule has 0 unspecified atom stereocenters. The van der Waals surface area contributed by atoms with Gasteiger partial charge in [0.05, 0.1) is 0 Å². The smallest absolute Gasteiger partial charge is 0.0109 e. The van der Waals surface area contributed by atoms with E-state index in [1.807, 2.05) is 13.8 Å². The van der Waals surface area contributed by atoms with Gasteiger partial charge in [-0.05, 0) is 13.6 Å². The van der Waals surface area contributed by atoms with Gasteiger partial charge in [-0.3, -0.25) is 0 Å². The predicted molar refractivity (Wildman–Crippen MR) is 57.5 cm³/mol. The van der Waals surface area contributed by atoms with Crippen LogP contribution in [-0.2, 0) is 33.7 Å². The maximum Gasteiger partial charge on any atom is 0.0109 e. The van der Waals surface area contributed by atoms with E-state index in [0.717, 1.165) is 12.3 Å². The Morgan fingerprint density at radius 1 is 1.08 bits per heavy atom. The van der Waals surface area contributed by atoms with Crippen LogP contribution >= 0.6 is 0 Å². The molecular formula is C9H21N2SW-. The first-order valence-electron chi connectivity index (χ1n) is 4.82. The van der Waals surface area contributed by atoms with Crippen LogP contribution in [0.4, 0.5) is 0 Å². The maximum atomic E-state index is 4.91. The molecule has 0 bridgehead atoms. The quantitative estimate of drug-likeness (QED) is 0.662. The molecule has 0 aromatic heterocycles. The van der Waals surface area contributed by atoms with Crippen molar-refractivity contribution in [2.45, 2.75) is 13.8 Å². The van der Waals surface area contributed by atoms with Crippen molar-refractivity contribution in [1.29, 1.82) is 0 Å². The second-order valence-corrected chi connectivity index (χ2v) is 3.26. The van der Waals surface area contributed by atoms with Gasteiger partial charge in [0, 0.05) is 47.2 Å². The standard InChI is InChI=1S/C7H16N2S.C2H6.W/c1-8-2-4-9(5-3-8)6-7-10;1-2;/h10H,2-7H2,1H3;1-2H3;/p-1. The van der Waals surface area contributed by atoms with Crippen LogP contribution in [0.3, 0.4) is 0 Å². The third kappa shape index (κ3) is 7.99. The first-order valence-corrected chi connectivity index (χ1v) is 5.39. The third-order valence-corrected chi connectivity index (χ3v) is 2.19. The normalized spacial score (nSPS) is 18.5. The fraction of sp³-hybridized carbons (Fsp3) is 1.00. The van der Waals surface area contributed by atoms with Crippen LogP contribution in [0.15, 0.2) is 0 Å². The largest absolute Gasteiger partial charge is 0.791 e. The summed E-state index contributed by atoms with van der Waals surface area (Å²) in [4.78, 5) is 4.80. The summed E-state index contributed by atoms with van der Waals surface area (Å²) in [5.41, 5.74) is 0. The molecule has 0 aliphatic carbocycles. The second-order valence-electron chi connectivity index (χ2n) is 2.85. The zero-order chi connectivity index (χ0) is 9.40. The summed E-state index contributed by atoms with van der Waals surface area (Å²) in [7, 11) is 2.17. The fourth-order valence-corrected chi connectivity index (χ4v) is 1.46. The van der Waals surface area contributed by atoms with E-state index in [-0.39, 0.29) is 21.1 Å². The molecular weight excluding hydrogens is 352 g/mol. The summed E-state index contributed by atoms with van der Waals surface area (Å²) in [6, 6.07) is 0. The van der Waals surface area contributed by atoms with E-state index in [1.54, 1.807) is 0 Å². The Hall–Kier alpha value is 0.958. The van der Waals surface area contributed by atoms with Gasteiger partial charge in [0.1, 0.15) is 0 Å². The van der Waals surface area contributed by atoms with Gasteiger partial charge in [-0.2, -0.15) is 5.75 Å². The maximum absolute atomic E-state index is 4.91. The topological polar surface area (TPSA) is 6.48 Å². The summed E-state index contributed by atoms with van der Waals surface area (Å²) in [6.07, 6.45) is 0. The van der Waals surface area contributed by atoms with Gasteiger partial charge < -0.3 is 22.4 Å².